The summed E-state index contributed by atoms with van der Waals surface area (Å²) in [7, 11) is 1.63. The van der Waals surface area contributed by atoms with Gasteiger partial charge in [-0.3, -0.25) is 0 Å². The van der Waals surface area contributed by atoms with E-state index in [1.807, 2.05) is 31.2 Å². The summed E-state index contributed by atoms with van der Waals surface area (Å²) in [5.74, 6) is 0.739. The van der Waals surface area contributed by atoms with E-state index in [-0.39, 0.29) is 0 Å². The summed E-state index contributed by atoms with van der Waals surface area (Å²) in [4.78, 5) is 4.43. The molecule has 3 nitrogen and oxygen atoms in total. The van der Waals surface area contributed by atoms with Gasteiger partial charge in [-0.1, -0.05) is 12.1 Å². The smallest absolute Gasteiger partial charge is 0.145 e. The van der Waals surface area contributed by atoms with Gasteiger partial charge in [-0.25, -0.2) is 4.98 Å². The van der Waals surface area contributed by atoms with Gasteiger partial charge in [0.25, 0.3) is 0 Å². The van der Waals surface area contributed by atoms with E-state index in [1.54, 1.807) is 14.0 Å². The van der Waals surface area contributed by atoms with Gasteiger partial charge in [0.1, 0.15) is 11.3 Å². The lowest BCUT2D eigenvalue weighted by molar-refractivity contribution is 0.194. The number of para-hydroxylation sites is 1. The molecule has 0 fully saturated rings. The van der Waals surface area contributed by atoms with Crippen LogP contribution in [0.1, 0.15) is 24.3 Å². The lowest BCUT2D eigenvalue weighted by atomic mass is 10.1. The van der Waals surface area contributed by atoms with Crippen LogP contribution in [0, 0.1) is 6.92 Å². The third-order valence-corrected chi connectivity index (χ3v) is 2.68. The Morgan fingerprint density at radius 3 is 2.75 bits per heavy atom. The monoisotopic (exact) mass is 217 g/mol. The van der Waals surface area contributed by atoms with Crippen molar-refractivity contribution < 1.29 is 9.84 Å². The molecular weight excluding hydrogens is 202 g/mol. The zero-order chi connectivity index (χ0) is 11.7. The van der Waals surface area contributed by atoms with E-state index in [0.29, 0.717) is 5.69 Å². The van der Waals surface area contributed by atoms with Crippen LogP contribution in [0.2, 0.25) is 0 Å². The Kier molecular flexibility index (Phi) is 2.79. The number of nitrogens with zero attached hydrogens (tertiary/aromatic N) is 1. The molecular formula is C13H15NO2. The zero-order valence-corrected chi connectivity index (χ0v) is 9.69. The molecule has 0 spiro atoms. The largest absolute Gasteiger partial charge is 0.494 e. The Bertz CT molecular complexity index is 521. The highest BCUT2D eigenvalue weighted by molar-refractivity contribution is 5.87. The van der Waals surface area contributed by atoms with E-state index in [0.717, 1.165) is 22.2 Å². The maximum Gasteiger partial charge on any atom is 0.145 e. The number of pyridine rings is 1. The van der Waals surface area contributed by atoms with Crippen molar-refractivity contribution in [3.8, 4) is 5.75 Å². The molecule has 16 heavy (non-hydrogen) atoms. The van der Waals surface area contributed by atoms with Crippen LogP contribution in [0.3, 0.4) is 0 Å². The Morgan fingerprint density at radius 1 is 1.38 bits per heavy atom. The van der Waals surface area contributed by atoms with Gasteiger partial charge in [-0.2, -0.15) is 0 Å². The molecule has 0 saturated carbocycles. The van der Waals surface area contributed by atoms with E-state index in [4.69, 9.17) is 4.74 Å². The molecule has 0 bridgehead atoms. The number of aliphatic hydroxyl groups is 1. The standard InChI is InChI=1S/C13H15NO2/c1-8-7-11(9(2)15)14-13-10(8)5-4-6-12(13)16-3/h4-7,9,15H,1-3H3. The third-order valence-electron chi connectivity index (χ3n) is 2.68. The highest BCUT2D eigenvalue weighted by Crippen LogP contribution is 2.27. The third kappa shape index (κ3) is 1.74. The maximum atomic E-state index is 9.57. The van der Waals surface area contributed by atoms with Gasteiger partial charge < -0.3 is 9.84 Å². The molecule has 1 heterocycles. The zero-order valence-electron chi connectivity index (χ0n) is 9.69. The number of ether oxygens (including phenoxy) is 1. The molecule has 1 N–H and O–H groups in total. The van der Waals surface area contributed by atoms with Crippen LogP contribution in [0.5, 0.6) is 5.75 Å². The van der Waals surface area contributed by atoms with E-state index in [9.17, 15) is 5.11 Å². The summed E-state index contributed by atoms with van der Waals surface area (Å²) in [6.07, 6.45) is -0.562. The van der Waals surface area contributed by atoms with Crippen molar-refractivity contribution in [3.63, 3.8) is 0 Å². The number of fused-ring (bicyclic) bond motifs is 1. The van der Waals surface area contributed by atoms with E-state index in [1.165, 1.54) is 0 Å². The van der Waals surface area contributed by atoms with Crippen molar-refractivity contribution in [1.29, 1.82) is 0 Å². The van der Waals surface area contributed by atoms with Gasteiger partial charge >= 0.3 is 0 Å². The number of aliphatic hydroxyl groups excluding tert-OH is 1. The molecule has 2 aromatic rings. The van der Waals surface area contributed by atoms with Crippen LogP contribution in [0.25, 0.3) is 10.9 Å². The SMILES string of the molecule is COc1cccc2c(C)cc(C(C)O)nc12. The van der Waals surface area contributed by atoms with Crippen LogP contribution in [0.4, 0.5) is 0 Å². The number of benzene rings is 1. The van der Waals surface area contributed by atoms with Crippen LogP contribution >= 0.6 is 0 Å². The highest BCUT2D eigenvalue weighted by atomic mass is 16.5. The Labute approximate surface area is 94.7 Å². The van der Waals surface area contributed by atoms with E-state index in [2.05, 4.69) is 4.98 Å². The first-order chi connectivity index (χ1) is 7.63. The van der Waals surface area contributed by atoms with Crippen molar-refractivity contribution in [1.82, 2.24) is 4.98 Å². The Hall–Kier alpha value is -1.61. The molecule has 3 heteroatoms. The first-order valence-electron chi connectivity index (χ1n) is 5.26. The topological polar surface area (TPSA) is 42.4 Å². The van der Waals surface area contributed by atoms with Crippen molar-refractivity contribution in [2.45, 2.75) is 20.0 Å². The highest BCUT2D eigenvalue weighted by Gasteiger charge is 2.09. The molecule has 0 aliphatic heterocycles. The van der Waals surface area contributed by atoms with Crippen LogP contribution < -0.4 is 4.74 Å². The molecule has 84 valence electrons. The van der Waals surface area contributed by atoms with Crippen LogP contribution in [-0.2, 0) is 0 Å². The second-order valence-corrected chi connectivity index (χ2v) is 3.90. The molecule has 2 rings (SSSR count). The fourth-order valence-corrected chi connectivity index (χ4v) is 1.80. The average molecular weight is 217 g/mol. The lowest BCUT2D eigenvalue weighted by Crippen LogP contribution is -1.98. The molecule has 1 unspecified atom stereocenters. The van der Waals surface area contributed by atoms with E-state index < -0.39 is 6.10 Å². The van der Waals surface area contributed by atoms with Gasteiger partial charge in [-0.15, -0.1) is 0 Å². The van der Waals surface area contributed by atoms with Crippen molar-refractivity contribution in [2.24, 2.45) is 0 Å². The number of aromatic nitrogens is 1. The minimum atomic E-state index is -0.562. The van der Waals surface area contributed by atoms with Gasteiger partial charge in [-0.05, 0) is 31.5 Å². The first kappa shape index (κ1) is 10.9. The van der Waals surface area contributed by atoms with Gasteiger partial charge in [0.15, 0.2) is 0 Å². The molecule has 1 aromatic carbocycles. The molecule has 0 amide bonds. The first-order valence-corrected chi connectivity index (χ1v) is 5.26. The summed E-state index contributed by atoms with van der Waals surface area (Å²) in [6.45, 7) is 3.72. The van der Waals surface area contributed by atoms with Gasteiger partial charge in [0.2, 0.25) is 0 Å². The molecule has 1 aromatic heterocycles. The number of hydrogen-bond acceptors (Lipinski definition) is 3. The summed E-state index contributed by atoms with van der Waals surface area (Å²) >= 11 is 0. The fraction of sp³-hybridized carbons (Fsp3) is 0.308. The average Bonchev–Trinajstić information content (AvgIpc) is 2.28. The van der Waals surface area contributed by atoms with Crippen molar-refractivity contribution in [3.05, 3.63) is 35.5 Å². The predicted octanol–water partition coefficient (Wildman–Crippen LogP) is 2.61. The summed E-state index contributed by atoms with van der Waals surface area (Å²) in [5.41, 5.74) is 2.58. The molecule has 1 atom stereocenters. The fourth-order valence-electron chi connectivity index (χ4n) is 1.80. The summed E-state index contributed by atoms with van der Waals surface area (Å²) in [5, 5.41) is 10.6. The van der Waals surface area contributed by atoms with Crippen LogP contribution in [-0.4, -0.2) is 17.2 Å². The number of hydrogen-bond donors (Lipinski definition) is 1. The second-order valence-electron chi connectivity index (χ2n) is 3.90. The maximum absolute atomic E-state index is 9.57. The molecule has 0 radical (unpaired) electrons. The molecule has 0 saturated heterocycles. The predicted molar refractivity (Wildman–Crippen MR) is 63.7 cm³/mol. The Balaban J connectivity index is 2.77. The van der Waals surface area contributed by atoms with Gasteiger partial charge in [0, 0.05) is 5.39 Å². The summed E-state index contributed by atoms with van der Waals surface area (Å²) in [6, 6.07) is 7.73. The number of aryl methyl sites for hydroxylation is 1. The lowest BCUT2D eigenvalue weighted by Gasteiger charge is -2.10. The Morgan fingerprint density at radius 2 is 2.12 bits per heavy atom. The quantitative estimate of drug-likeness (QED) is 0.840. The summed E-state index contributed by atoms with van der Waals surface area (Å²) < 4.78 is 5.27. The number of methoxy groups -OCH3 is 1. The van der Waals surface area contributed by atoms with Crippen molar-refractivity contribution >= 4 is 10.9 Å². The second kappa shape index (κ2) is 4.10. The minimum absolute atomic E-state index is 0.562. The van der Waals surface area contributed by atoms with Crippen molar-refractivity contribution in [2.75, 3.05) is 7.11 Å². The van der Waals surface area contributed by atoms with E-state index >= 15 is 0 Å². The normalized spacial score (nSPS) is 12.8. The van der Waals surface area contributed by atoms with Crippen LogP contribution in [0.15, 0.2) is 24.3 Å². The number of rotatable bonds is 2. The minimum Gasteiger partial charge on any atom is -0.494 e. The molecule has 0 aliphatic rings. The molecule has 0 aliphatic carbocycles. The van der Waals surface area contributed by atoms with Gasteiger partial charge in [0.05, 0.1) is 18.9 Å².